The first-order valence-corrected chi connectivity index (χ1v) is 10.6. The van der Waals surface area contributed by atoms with Crippen LogP contribution in [0.15, 0.2) is 79.1 Å². The highest BCUT2D eigenvalue weighted by atomic mass is 16.2. The highest BCUT2D eigenvalue weighted by Gasteiger charge is 2.43. The Morgan fingerprint density at radius 3 is 2.53 bits per heavy atom. The van der Waals surface area contributed by atoms with Crippen LogP contribution in [-0.4, -0.2) is 33.3 Å². The number of aromatic nitrogens is 2. The van der Waals surface area contributed by atoms with Gasteiger partial charge in [0.1, 0.15) is 0 Å². The van der Waals surface area contributed by atoms with Gasteiger partial charge in [0.2, 0.25) is 5.91 Å². The maximum absolute atomic E-state index is 13.6. The number of amides is 2. The van der Waals surface area contributed by atoms with Crippen molar-refractivity contribution in [2.75, 3.05) is 7.05 Å². The van der Waals surface area contributed by atoms with Crippen LogP contribution in [0.25, 0.3) is 10.9 Å². The van der Waals surface area contributed by atoms with Crippen LogP contribution in [0.5, 0.6) is 0 Å². The summed E-state index contributed by atoms with van der Waals surface area (Å²) >= 11 is 0. The van der Waals surface area contributed by atoms with Gasteiger partial charge in [0.25, 0.3) is 5.91 Å². The Hall–Kier alpha value is -3.93. The van der Waals surface area contributed by atoms with E-state index in [1.807, 2.05) is 78.5 Å². The Labute approximate surface area is 186 Å². The summed E-state index contributed by atoms with van der Waals surface area (Å²) in [6.07, 6.45) is 3.74. The van der Waals surface area contributed by atoms with Crippen molar-refractivity contribution in [3.8, 4) is 0 Å². The molecule has 6 heteroatoms. The lowest BCUT2D eigenvalue weighted by molar-refractivity contribution is -0.124. The van der Waals surface area contributed by atoms with Crippen molar-refractivity contribution in [1.29, 1.82) is 0 Å². The van der Waals surface area contributed by atoms with Gasteiger partial charge in [0.05, 0.1) is 24.2 Å². The molecule has 0 bridgehead atoms. The molecule has 0 aliphatic carbocycles. The van der Waals surface area contributed by atoms with E-state index >= 15 is 0 Å². The summed E-state index contributed by atoms with van der Waals surface area (Å²) in [5.74, 6) is -0.740. The fourth-order valence-corrected chi connectivity index (χ4v) is 4.74. The molecule has 32 heavy (non-hydrogen) atoms. The molecule has 1 aliphatic heterocycles. The maximum atomic E-state index is 13.6. The van der Waals surface area contributed by atoms with Crippen LogP contribution in [-0.2, 0) is 18.4 Å². The fourth-order valence-electron chi connectivity index (χ4n) is 4.74. The van der Waals surface area contributed by atoms with Crippen LogP contribution in [0.1, 0.15) is 39.1 Å². The van der Waals surface area contributed by atoms with Crippen LogP contribution in [0.3, 0.4) is 0 Å². The van der Waals surface area contributed by atoms with E-state index in [4.69, 9.17) is 0 Å². The minimum atomic E-state index is -0.539. The number of fused-ring (bicyclic) bond motifs is 2. The van der Waals surface area contributed by atoms with Gasteiger partial charge in [-0.1, -0.05) is 42.5 Å². The van der Waals surface area contributed by atoms with Gasteiger partial charge in [0, 0.05) is 48.5 Å². The van der Waals surface area contributed by atoms with Crippen molar-refractivity contribution in [1.82, 2.24) is 19.8 Å². The van der Waals surface area contributed by atoms with E-state index in [9.17, 15) is 9.59 Å². The standard InChI is InChI=1S/C26H24N4O2/c1-29-16-21(18-10-5-6-13-22(18)29)24-23(25(31)28-15-17-9-7-8-14-27-17)19-11-3-4-12-20(19)26(32)30(24)2/h3-14,16,23-24H,15H2,1-2H3,(H,28,31)/t23-,24-/m1/s1. The number of carbonyl (C=O) groups is 2. The third kappa shape index (κ3) is 3.24. The number of hydrogen-bond donors (Lipinski definition) is 1. The molecule has 2 aromatic heterocycles. The predicted molar refractivity (Wildman–Crippen MR) is 123 cm³/mol. The smallest absolute Gasteiger partial charge is 0.254 e. The van der Waals surface area contributed by atoms with Crippen molar-refractivity contribution in [2.45, 2.75) is 18.5 Å². The molecule has 0 unspecified atom stereocenters. The van der Waals surface area contributed by atoms with Gasteiger partial charge in [-0.15, -0.1) is 0 Å². The average molecular weight is 425 g/mol. The second-order valence-corrected chi connectivity index (χ2v) is 8.18. The van der Waals surface area contributed by atoms with Crippen molar-refractivity contribution < 1.29 is 9.59 Å². The van der Waals surface area contributed by atoms with Crippen molar-refractivity contribution >= 4 is 22.7 Å². The van der Waals surface area contributed by atoms with Crippen molar-refractivity contribution in [3.63, 3.8) is 0 Å². The van der Waals surface area contributed by atoms with E-state index in [2.05, 4.69) is 10.3 Å². The van der Waals surface area contributed by atoms with E-state index in [1.54, 1.807) is 24.2 Å². The first-order chi connectivity index (χ1) is 15.6. The SMILES string of the molecule is CN1C(=O)c2ccccc2[C@@H](C(=O)NCc2ccccn2)[C@H]1c1cn(C)c2ccccc12. The minimum absolute atomic E-state index is 0.0766. The average Bonchev–Trinajstić information content (AvgIpc) is 3.16. The highest BCUT2D eigenvalue weighted by Crippen LogP contribution is 2.44. The molecule has 0 saturated carbocycles. The minimum Gasteiger partial charge on any atom is -0.350 e. The summed E-state index contributed by atoms with van der Waals surface area (Å²) in [5.41, 5.74) is 4.15. The third-order valence-corrected chi connectivity index (χ3v) is 6.28. The number of benzene rings is 2. The molecule has 160 valence electrons. The quantitative estimate of drug-likeness (QED) is 0.542. The number of para-hydroxylation sites is 1. The number of carbonyl (C=O) groups excluding carboxylic acids is 2. The monoisotopic (exact) mass is 424 g/mol. The van der Waals surface area contributed by atoms with E-state index in [0.717, 1.165) is 27.7 Å². The number of hydrogen-bond acceptors (Lipinski definition) is 3. The molecular weight excluding hydrogens is 400 g/mol. The zero-order valence-electron chi connectivity index (χ0n) is 18.0. The Kier molecular flexibility index (Phi) is 4.98. The van der Waals surface area contributed by atoms with E-state index in [-0.39, 0.29) is 11.8 Å². The molecule has 2 aromatic carbocycles. The van der Waals surface area contributed by atoms with Crippen LogP contribution < -0.4 is 5.32 Å². The van der Waals surface area contributed by atoms with Gasteiger partial charge in [-0.05, 0) is 29.8 Å². The lowest BCUT2D eigenvalue weighted by Crippen LogP contribution is -2.45. The van der Waals surface area contributed by atoms with Crippen LogP contribution in [0.2, 0.25) is 0 Å². The molecule has 0 saturated heterocycles. The van der Waals surface area contributed by atoms with E-state index in [1.165, 1.54) is 0 Å². The van der Waals surface area contributed by atoms with E-state index in [0.29, 0.717) is 12.1 Å². The van der Waals surface area contributed by atoms with Crippen molar-refractivity contribution in [2.24, 2.45) is 7.05 Å². The van der Waals surface area contributed by atoms with Gasteiger partial charge in [-0.25, -0.2) is 0 Å². The number of likely N-dealkylation sites (N-methyl/N-ethyl adjacent to an activating group) is 1. The third-order valence-electron chi connectivity index (χ3n) is 6.28. The highest BCUT2D eigenvalue weighted by molar-refractivity contribution is 6.02. The molecule has 0 radical (unpaired) electrons. The van der Waals surface area contributed by atoms with Gasteiger partial charge >= 0.3 is 0 Å². The summed E-state index contributed by atoms with van der Waals surface area (Å²) in [6.45, 7) is 0.332. The second-order valence-electron chi connectivity index (χ2n) is 8.18. The first kappa shape index (κ1) is 20.0. The lowest BCUT2D eigenvalue weighted by Gasteiger charge is -2.39. The van der Waals surface area contributed by atoms with Crippen LogP contribution >= 0.6 is 0 Å². The summed E-state index contributed by atoms with van der Waals surface area (Å²) in [4.78, 5) is 32.9. The summed E-state index contributed by atoms with van der Waals surface area (Å²) in [6, 6.07) is 20.7. The van der Waals surface area contributed by atoms with Crippen LogP contribution in [0.4, 0.5) is 0 Å². The predicted octanol–water partition coefficient (Wildman–Crippen LogP) is 3.80. The Balaban J connectivity index is 1.61. The molecule has 3 heterocycles. The summed E-state index contributed by atoms with van der Waals surface area (Å²) in [5, 5.41) is 4.10. The summed E-state index contributed by atoms with van der Waals surface area (Å²) < 4.78 is 2.05. The second kappa shape index (κ2) is 7.96. The molecule has 2 atom stereocenters. The molecule has 1 N–H and O–H groups in total. The zero-order chi connectivity index (χ0) is 22.2. The van der Waals surface area contributed by atoms with Gasteiger partial charge in [-0.3, -0.25) is 14.6 Å². The topological polar surface area (TPSA) is 67.2 Å². The molecule has 0 spiro atoms. The molecular formula is C26H24N4O2. The number of aryl methyl sites for hydroxylation is 1. The molecule has 6 nitrogen and oxygen atoms in total. The Morgan fingerprint density at radius 1 is 0.969 bits per heavy atom. The van der Waals surface area contributed by atoms with Gasteiger partial charge < -0.3 is 14.8 Å². The Morgan fingerprint density at radius 2 is 1.72 bits per heavy atom. The lowest BCUT2D eigenvalue weighted by atomic mass is 9.79. The Bertz CT molecular complexity index is 1310. The number of nitrogens with zero attached hydrogens (tertiary/aromatic N) is 3. The number of pyridine rings is 1. The molecule has 4 aromatic rings. The largest absolute Gasteiger partial charge is 0.350 e. The van der Waals surface area contributed by atoms with Crippen LogP contribution in [0, 0.1) is 0 Å². The fraction of sp³-hybridized carbons (Fsp3) is 0.192. The van der Waals surface area contributed by atoms with Crippen molar-refractivity contribution in [3.05, 3.63) is 102 Å². The zero-order valence-corrected chi connectivity index (χ0v) is 18.0. The number of rotatable bonds is 4. The molecule has 0 fully saturated rings. The molecule has 2 amide bonds. The molecule has 1 aliphatic rings. The normalized spacial score (nSPS) is 17.9. The maximum Gasteiger partial charge on any atom is 0.254 e. The molecule has 5 rings (SSSR count). The van der Waals surface area contributed by atoms with E-state index < -0.39 is 12.0 Å². The summed E-state index contributed by atoms with van der Waals surface area (Å²) in [7, 11) is 3.77. The first-order valence-electron chi connectivity index (χ1n) is 10.6. The van der Waals surface area contributed by atoms with Gasteiger partial charge in [0.15, 0.2) is 0 Å². The van der Waals surface area contributed by atoms with Gasteiger partial charge in [-0.2, -0.15) is 0 Å². The number of nitrogens with one attached hydrogen (secondary N) is 1.